The van der Waals surface area contributed by atoms with E-state index in [-0.39, 0.29) is 5.91 Å². The monoisotopic (exact) mass is 247 g/mol. The van der Waals surface area contributed by atoms with Crippen LogP contribution in [0.15, 0.2) is 24.3 Å². The van der Waals surface area contributed by atoms with E-state index in [1.807, 2.05) is 11.0 Å². The molecule has 1 unspecified atom stereocenters. The lowest BCUT2D eigenvalue weighted by Gasteiger charge is -2.21. The molecule has 1 aliphatic heterocycles. The Kier molecular flexibility index (Phi) is 3.65. The van der Waals surface area contributed by atoms with Gasteiger partial charge in [0.05, 0.1) is 5.56 Å². The molecular formula is C14H17NO3. The van der Waals surface area contributed by atoms with Crippen LogP contribution in [0, 0.1) is 0 Å². The number of amides is 1. The number of hydrogen-bond acceptors (Lipinski definition) is 2. The van der Waals surface area contributed by atoms with Crippen LogP contribution < -0.4 is 0 Å². The van der Waals surface area contributed by atoms with Crippen molar-refractivity contribution in [3.63, 3.8) is 0 Å². The molecule has 0 bridgehead atoms. The van der Waals surface area contributed by atoms with Gasteiger partial charge in [0.2, 0.25) is 5.91 Å². The number of carbonyl (C=O) groups excluding carboxylic acids is 1. The van der Waals surface area contributed by atoms with Gasteiger partial charge in [-0.3, -0.25) is 4.79 Å². The summed E-state index contributed by atoms with van der Waals surface area (Å²) in [5.74, 6) is -0.709. The summed E-state index contributed by atoms with van der Waals surface area (Å²) in [6.45, 7) is 2.72. The molecule has 1 atom stereocenters. The minimum Gasteiger partial charge on any atom is -0.478 e. The Bertz CT molecular complexity index is 470. The molecule has 0 saturated carbocycles. The zero-order valence-corrected chi connectivity index (χ0v) is 10.4. The molecule has 1 aromatic rings. The highest BCUT2D eigenvalue weighted by Crippen LogP contribution is 2.18. The van der Waals surface area contributed by atoms with Crippen molar-refractivity contribution in [3.05, 3.63) is 35.4 Å². The van der Waals surface area contributed by atoms with E-state index < -0.39 is 5.97 Å². The zero-order chi connectivity index (χ0) is 13.1. The largest absolute Gasteiger partial charge is 0.478 e. The fourth-order valence-corrected chi connectivity index (χ4v) is 2.33. The highest BCUT2D eigenvalue weighted by atomic mass is 16.4. The Morgan fingerprint density at radius 3 is 2.89 bits per heavy atom. The van der Waals surface area contributed by atoms with E-state index in [0.717, 1.165) is 12.0 Å². The molecule has 1 fully saturated rings. The highest BCUT2D eigenvalue weighted by molar-refractivity contribution is 5.87. The van der Waals surface area contributed by atoms with Gasteiger partial charge in [0.25, 0.3) is 0 Å². The molecule has 2 rings (SSSR count). The number of rotatable bonds is 4. The Hall–Kier alpha value is -1.84. The second-order valence-electron chi connectivity index (χ2n) is 4.73. The standard InChI is InChI=1S/C14H17NO3/c1-10-5-6-13(16)15(10)8-7-11-3-2-4-12(9-11)14(17)18/h2-4,9-10H,5-8H2,1H3,(H,17,18). The van der Waals surface area contributed by atoms with Gasteiger partial charge in [0.1, 0.15) is 0 Å². The third-order valence-corrected chi connectivity index (χ3v) is 3.44. The van der Waals surface area contributed by atoms with Gasteiger partial charge in [-0.05, 0) is 37.5 Å². The molecule has 0 aromatic heterocycles. The van der Waals surface area contributed by atoms with Crippen LogP contribution in [0.5, 0.6) is 0 Å². The lowest BCUT2D eigenvalue weighted by Crippen LogP contribution is -2.32. The molecule has 0 aliphatic carbocycles. The third kappa shape index (κ3) is 2.70. The van der Waals surface area contributed by atoms with E-state index in [9.17, 15) is 9.59 Å². The molecule has 1 aliphatic rings. The lowest BCUT2D eigenvalue weighted by molar-refractivity contribution is -0.128. The molecule has 96 valence electrons. The molecule has 0 radical (unpaired) electrons. The first-order chi connectivity index (χ1) is 8.58. The summed E-state index contributed by atoms with van der Waals surface area (Å²) in [4.78, 5) is 24.3. The fraction of sp³-hybridized carbons (Fsp3) is 0.429. The summed E-state index contributed by atoms with van der Waals surface area (Å²) in [5, 5.41) is 8.91. The quantitative estimate of drug-likeness (QED) is 0.884. The molecule has 1 heterocycles. The topological polar surface area (TPSA) is 57.6 Å². The zero-order valence-electron chi connectivity index (χ0n) is 10.4. The summed E-state index contributed by atoms with van der Waals surface area (Å²) in [5.41, 5.74) is 1.26. The van der Waals surface area contributed by atoms with E-state index in [2.05, 4.69) is 6.92 Å². The molecular weight excluding hydrogens is 230 g/mol. The minimum absolute atomic E-state index is 0.205. The van der Waals surface area contributed by atoms with Crippen LogP contribution in [0.1, 0.15) is 35.7 Å². The Labute approximate surface area is 106 Å². The molecule has 4 nitrogen and oxygen atoms in total. The van der Waals surface area contributed by atoms with Crippen molar-refractivity contribution in [2.45, 2.75) is 32.2 Å². The number of carboxylic acid groups (broad SMARTS) is 1. The van der Waals surface area contributed by atoms with Crippen LogP contribution in [0.3, 0.4) is 0 Å². The maximum absolute atomic E-state index is 11.6. The highest BCUT2D eigenvalue weighted by Gasteiger charge is 2.26. The van der Waals surface area contributed by atoms with E-state index in [0.29, 0.717) is 31.0 Å². The smallest absolute Gasteiger partial charge is 0.335 e. The Morgan fingerprint density at radius 1 is 1.50 bits per heavy atom. The number of carbonyl (C=O) groups is 2. The molecule has 1 aromatic carbocycles. The van der Waals surface area contributed by atoms with Crippen molar-refractivity contribution >= 4 is 11.9 Å². The predicted octanol–water partition coefficient (Wildman–Crippen LogP) is 1.94. The average molecular weight is 247 g/mol. The van der Waals surface area contributed by atoms with E-state index in [1.54, 1.807) is 18.2 Å². The Balaban J connectivity index is 2.00. The van der Waals surface area contributed by atoms with E-state index in [4.69, 9.17) is 5.11 Å². The second-order valence-corrected chi connectivity index (χ2v) is 4.73. The van der Waals surface area contributed by atoms with Crippen molar-refractivity contribution in [1.29, 1.82) is 0 Å². The first-order valence-corrected chi connectivity index (χ1v) is 6.19. The van der Waals surface area contributed by atoms with Crippen LogP contribution in [-0.2, 0) is 11.2 Å². The molecule has 1 N–H and O–H groups in total. The summed E-state index contributed by atoms with van der Waals surface area (Å²) < 4.78 is 0. The third-order valence-electron chi connectivity index (χ3n) is 3.44. The van der Waals surface area contributed by atoms with Crippen LogP contribution in [0.2, 0.25) is 0 Å². The first kappa shape index (κ1) is 12.6. The number of aromatic carboxylic acids is 1. The van der Waals surface area contributed by atoms with Gasteiger partial charge >= 0.3 is 5.97 Å². The molecule has 1 saturated heterocycles. The maximum Gasteiger partial charge on any atom is 0.335 e. The molecule has 18 heavy (non-hydrogen) atoms. The SMILES string of the molecule is CC1CCC(=O)N1CCc1cccc(C(=O)O)c1. The number of benzene rings is 1. The molecule has 1 amide bonds. The van der Waals surface area contributed by atoms with Gasteiger partial charge in [-0.25, -0.2) is 4.79 Å². The number of hydrogen-bond donors (Lipinski definition) is 1. The summed E-state index contributed by atoms with van der Waals surface area (Å²) in [7, 11) is 0. The molecule has 4 heteroatoms. The van der Waals surface area contributed by atoms with Crippen LogP contribution in [0.4, 0.5) is 0 Å². The van der Waals surface area contributed by atoms with Gasteiger partial charge in [0, 0.05) is 19.0 Å². The van der Waals surface area contributed by atoms with Gasteiger partial charge in [-0.15, -0.1) is 0 Å². The number of likely N-dealkylation sites (tertiary alicyclic amines) is 1. The first-order valence-electron chi connectivity index (χ1n) is 6.19. The van der Waals surface area contributed by atoms with Gasteiger partial charge in [-0.1, -0.05) is 12.1 Å². The summed E-state index contributed by atoms with van der Waals surface area (Å²) in [6, 6.07) is 7.20. The maximum atomic E-state index is 11.6. The fourth-order valence-electron chi connectivity index (χ4n) is 2.33. The van der Waals surface area contributed by atoms with Crippen molar-refractivity contribution < 1.29 is 14.7 Å². The van der Waals surface area contributed by atoms with Crippen LogP contribution in [0.25, 0.3) is 0 Å². The van der Waals surface area contributed by atoms with Gasteiger partial charge < -0.3 is 10.0 Å². The van der Waals surface area contributed by atoms with Gasteiger partial charge in [-0.2, -0.15) is 0 Å². The van der Waals surface area contributed by atoms with Crippen LogP contribution >= 0.6 is 0 Å². The van der Waals surface area contributed by atoms with Crippen molar-refractivity contribution in [2.24, 2.45) is 0 Å². The van der Waals surface area contributed by atoms with Crippen molar-refractivity contribution in [1.82, 2.24) is 4.90 Å². The van der Waals surface area contributed by atoms with Crippen molar-refractivity contribution in [3.8, 4) is 0 Å². The normalized spacial score (nSPS) is 19.3. The van der Waals surface area contributed by atoms with Crippen molar-refractivity contribution in [2.75, 3.05) is 6.54 Å². The Morgan fingerprint density at radius 2 is 2.28 bits per heavy atom. The summed E-state index contributed by atoms with van der Waals surface area (Å²) in [6.07, 6.45) is 2.27. The number of nitrogens with zero attached hydrogens (tertiary/aromatic N) is 1. The molecule has 0 spiro atoms. The predicted molar refractivity (Wildman–Crippen MR) is 67.5 cm³/mol. The average Bonchev–Trinajstić information content (AvgIpc) is 2.67. The van der Waals surface area contributed by atoms with E-state index in [1.165, 1.54) is 0 Å². The number of carboxylic acids is 1. The second kappa shape index (κ2) is 5.21. The minimum atomic E-state index is -0.914. The lowest BCUT2D eigenvalue weighted by atomic mass is 10.1. The van der Waals surface area contributed by atoms with Crippen LogP contribution in [-0.4, -0.2) is 34.5 Å². The van der Waals surface area contributed by atoms with Gasteiger partial charge in [0.15, 0.2) is 0 Å². The summed E-state index contributed by atoms with van der Waals surface area (Å²) >= 11 is 0. The van der Waals surface area contributed by atoms with E-state index >= 15 is 0 Å².